The van der Waals surface area contributed by atoms with E-state index in [2.05, 4.69) is 21.2 Å². The summed E-state index contributed by atoms with van der Waals surface area (Å²) >= 11 is 3.60. The fraction of sp³-hybridized carbons (Fsp3) is 0.407. The summed E-state index contributed by atoms with van der Waals surface area (Å²) in [6.07, 6.45) is 9.55. The Labute approximate surface area is 205 Å². The lowest BCUT2D eigenvalue weighted by Crippen LogP contribution is -2.47. The highest BCUT2D eigenvalue weighted by atomic mass is 79.9. The zero-order valence-electron chi connectivity index (χ0n) is 19.4. The van der Waals surface area contributed by atoms with Crippen LogP contribution in [-0.2, 0) is 9.59 Å². The molecule has 0 heterocycles. The third-order valence-electron chi connectivity index (χ3n) is 5.99. The molecule has 2 aromatic carbocycles. The lowest BCUT2D eigenvalue weighted by atomic mass is 9.94. The normalized spacial score (nSPS) is 15.2. The van der Waals surface area contributed by atoms with Crippen LogP contribution in [0, 0.1) is 0 Å². The molecule has 1 saturated carbocycles. The summed E-state index contributed by atoms with van der Waals surface area (Å²) in [6.45, 7) is 2.50. The largest absolute Gasteiger partial charge is 0.497 e. The lowest BCUT2D eigenvalue weighted by molar-refractivity contribution is -0.138. The highest BCUT2D eigenvalue weighted by Crippen LogP contribution is 2.30. The molecule has 1 fully saturated rings. The standard InChI is InChI=1S/C27H33BrN2O3/c1-3-19-30(25(31)18-15-20-13-16-22(33-2)17-14-20)26(23-11-7-8-12-24(23)28)27(32)29-21-9-5-4-6-10-21/h7-8,11-18,21,26H,3-6,9-10,19H2,1-2H3,(H,29,32)/b18-15+. The number of benzene rings is 2. The number of carbonyl (C=O) groups excluding carboxylic acids is 2. The molecule has 1 N–H and O–H groups in total. The van der Waals surface area contributed by atoms with E-state index in [9.17, 15) is 9.59 Å². The van der Waals surface area contributed by atoms with E-state index in [1.165, 1.54) is 6.42 Å². The molecule has 0 radical (unpaired) electrons. The predicted molar refractivity (Wildman–Crippen MR) is 136 cm³/mol. The monoisotopic (exact) mass is 512 g/mol. The minimum atomic E-state index is -0.699. The minimum Gasteiger partial charge on any atom is -0.497 e. The number of nitrogens with zero attached hydrogens (tertiary/aromatic N) is 1. The first kappa shape index (κ1) is 25.0. The van der Waals surface area contributed by atoms with Gasteiger partial charge in [0.2, 0.25) is 11.8 Å². The average Bonchev–Trinajstić information content (AvgIpc) is 2.84. The molecule has 6 heteroatoms. The van der Waals surface area contributed by atoms with Crippen molar-refractivity contribution < 1.29 is 14.3 Å². The maximum Gasteiger partial charge on any atom is 0.247 e. The maximum atomic E-state index is 13.6. The van der Waals surface area contributed by atoms with Gasteiger partial charge >= 0.3 is 0 Å². The molecular weight excluding hydrogens is 480 g/mol. The van der Waals surface area contributed by atoms with Crippen LogP contribution in [0.5, 0.6) is 5.75 Å². The Morgan fingerprint density at radius 3 is 2.45 bits per heavy atom. The van der Waals surface area contributed by atoms with Crippen molar-refractivity contribution in [1.29, 1.82) is 0 Å². The summed E-state index contributed by atoms with van der Waals surface area (Å²) in [7, 11) is 1.62. The van der Waals surface area contributed by atoms with Gasteiger partial charge in [-0.25, -0.2) is 0 Å². The van der Waals surface area contributed by atoms with Crippen molar-refractivity contribution in [2.45, 2.75) is 57.5 Å². The van der Waals surface area contributed by atoms with Gasteiger partial charge in [0.25, 0.3) is 0 Å². The molecule has 1 atom stereocenters. The second kappa shape index (κ2) is 12.6. The van der Waals surface area contributed by atoms with Crippen molar-refractivity contribution in [3.8, 4) is 5.75 Å². The molecule has 3 rings (SSSR count). The number of nitrogens with one attached hydrogen (secondary N) is 1. The van der Waals surface area contributed by atoms with Gasteiger partial charge in [-0.1, -0.05) is 72.4 Å². The predicted octanol–water partition coefficient (Wildman–Crippen LogP) is 5.90. The third kappa shape index (κ3) is 6.94. The Kier molecular flexibility index (Phi) is 9.55. The average molecular weight is 513 g/mol. The number of halogens is 1. The molecule has 0 aliphatic heterocycles. The smallest absolute Gasteiger partial charge is 0.247 e. The van der Waals surface area contributed by atoms with Gasteiger partial charge in [0.1, 0.15) is 11.8 Å². The topological polar surface area (TPSA) is 58.6 Å². The number of hydrogen-bond donors (Lipinski definition) is 1. The van der Waals surface area contributed by atoms with Crippen LogP contribution in [0.3, 0.4) is 0 Å². The van der Waals surface area contributed by atoms with E-state index >= 15 is 0 Å². The van der Waals surface area contributed by atoms with Crippen molar-refractivity contribution in [2.75, 3.05) is 13.7 Å². The second-order valence-corrected chi connectivity index (χ2v) is 9.26. The summed E-state index contributed by atoms with van der Waals surface area (Å²) in [5, 5.41) is 3.23. The van der Waals surface area contributed by atoms with Crippen LogP contribution in [0.2, 0.25) is 0 Å². The van der Waals surface area contributed by atoms with Gasteiger partial charge in [-0.05, 0) is 54.7 Å². The van der Waals surface area contributed by atoms with E-state index in [0.29, 0.717) is 6.54 Å². The maximum absolute atomic E-state index is 13.6. The molecule has 33 heavy (non-hydrogen) atoms. The van der Waals surface area contributed by atoms with Crippen LogP contribution in [0.1, 0.15) is 62.6 Å². The van der Waals surface area contributed by atoms with Crippen molar-refractivity contribution in [1.82, 2.24) is 10.2 Å². The van der Waals surface area contributed by atoms with Crippen LogP contribution in [-0.4, -0.2) is 36.4 Å². The van der Waals surface area contributed by atoms with Crippen LogP contribution in [0.15, 0.2) is 59.1 Å². The fourth-order valence-corrected chi connectivity index (χ4v) is 4.76. The van der Waals surface area contributed by atoms with Gasteiger partial charge in [0, 0.05) is 23.1 Å². The van der Waals surface area contributed by atoms with Gasteiger partial charge in [-0.15, -0.1) is 0 Å². The van der Waals surface area contributed by atoms with Gasteiger partial charge in [0.05, 0.1) is 7.11 Å². The van der Waals surface area contributed by atoms with Crippen molar-refractivity contribution in [3.63, 3.8) is 0 Å². The van der Waals surface area contributed by atoms with E-state index in [-0.39, 0.29) is 17.9 Å². The van der Waals surface area contributed by atoms with E-state index in [0.717, 1.165) is 53.5 Å². The molecule has 0 aromatic heterocycles. The Morgan fingerprint density at radius 1 is 1.12 bits per heavy atom. The van der Waals surface area contributed by atoms with Crippen molar-refractivity contribution in [3.05, 3.63) is 70.2 Å². The Hall–Kier alpha value is -2.60. The number of ether oxygens (including phenoxy) is 1. The quantitative estimate of drug-likeness (QED) is 0.425. The molecule has 2 amide bonds. The van der Waals surface area contributed by atoms with Gasteiger partial charge in [-0.3, -0.25) is 9.59 Å². The first-order valence-electron chi connectivity index (χ1n) is 11.7. The van der Waals surface area contributed by atoms with E-state index in [4.69, 9.17) is 4.74 Å². The van der Waals surface area contributed by atoms with E-state index < -0.39 is 6.04 Å². The third-order valence-corrected chi connectivity index (χ3v) is 6.72. The summed E-state index contributed by atoms with van der Waals surface area (Å²) < 4.78 is 6.02. The zero-order chi connectivity index (χ0) is 23.6. The van der Waals surface area contributed by atoms with Crippen molar-refractivity contribution >= 4 is 33.8 Å². The minimum absolute atomic E-state index is 0.117. The summed E-state index contributed by atoms with van der Waals surface area (Å²) in [6, 6.07) is 14.6. The Balaban J connectivity index is 1.87. The molecule has 0 saturated heterocycles. The number of methoxy groups -OCH3 is 1. The van der Waals surface area contributed by atoms with E-state index in [1.54, 1.807) is 24.2 Å². The van der Waals surface area contributed by atoms with Gasteiger partial charge in [0.15, 0.2) is 0 Å². The van der Waals surface area contributed by atoms with Crippen LogP contribution in [0.4, 0.5) is 0 Å². The number of rotatable bonds is 9. The number of amides is 2. The molecular formula is C27H33BrN2O3. The molecule has 0 spiro atoms. The number of carbonyl (C=O) groups is 2. The Bertz CT molecular complexity index is 952. The Morgan fingerprint density at radius 2 is 1.82 bits per heavy atom. The van der Waals surface area contributed by atoms with Gasteiger partial charge < -0.3 is 15.0 Å². The van der Waals surface area contributed by atoms with Crippen LogP contribution in [0.25, 0.3) is 6.08 Å². The molecule has 1 unspecified atom stereocenters. The molecule has 2 aromatic rings. The summed E-state index contributed by atoms with van der Waals surface area (Å²) in [5.41, 5.74) is 1.69. The highest BCUT2D eigenvalue weighted by Gasteiger charge is 2.32. The van der Waals surface area contributed by atoms with Crippen molar-refractivity contribution in [2.24, 2.45) is 0 Å². The highest BCUT2D eigenvalue weighted by molar-refractivity contribution is 9.10. The van der Waals surface area contributed by atoms with Crippen LogP contribution < -0.4 is 10.1 Å². The molecule has 1 aliphatic rings. The first-order valence-corrected chi connectivity index (χ1v) is 12.5. The molecule has 0 bridgehead atoms. The summed E-state index contributed by atoms with van der Waals surface area (Å²) in [4.78, 5) is 28.6. The first-order chi connectivity index (χ1) is 16.0. The number of hydrogen-bond acceptors (Lipinski definition) is 3. The van der Waals surface area contributed by atoms with Gasteiger partial charge in [-0.2, -0.15) is 0 Å². The van der Waals surface area contributed by atoms with E-state index in [1.807, 2.05) is 55.5 Å². The summed E-state index contributed by atoms with van der Waals surface area (Å²) in [5.74, 6) is 0.458. The zero-order valence-corrected chi connectivity index (χ0v) is 21.0. The van der Waals surface area contributed by atoms with Crippen LogP contribution >= 0.6 is 15.9 Å². The molecule has 1 aliphatic carbocycles. The second-order valence-electron chi connectivity index (χ2n) is 8.41. The SMILES string of the molecule is CCCN(C(=O)/C=C/c1ccc(OC)cc1)C(C(=O)NC1CCCCC1)c1ccccc1Br. The molecule has 176 valence electrons. The molecule has 5 nitrogen and oxygen atoms in total. The fourth-order valence-electron chi connectivity index (χ4n) is 4.26. The lowest BCUT2D eigenvalue weighted by Gasteiger charge is -2.33.